The van der Waals surface area contributed by atoms with E-state index < -0.39 is 0 Å². The predicted molar refractivity (Wildman–Crippen MR) is 113 cm³/mol. The Kier molecular flexibility index (Phi) is 5.23. The average Bonchev–Trinajstić information content (AvgIpc) is 3.12. The third-order valence-electron chi connectivity index (χ3n) is 6.10. The molecule has 0 aromatic heterocycles. The molecule has 0 heteroatoms. The van der Waals surface area contributed by atoms with Gasteiger partial charge >= 0.3 is 0 Å². The van der Waals surface area contributed by atoms with Gasteiger partial charge in [-0.25, -0.2) is 0 Å². The maximum absolute atomic E-state index is 2.50. The van der Waals surface area contributed by atoms with Gasteiger partial charge in [0.1, 0.15) is 0 Å². The lowest BCUT2D eigenvalue weighted by Gasteiger charge is -2.47. The van der Waals surface area contributed by atoms with Crippen molar-refractivity contribution in [1.82, 2.24) is 0 Å². The molecule has 0 amide bonds. The predicted octanol–water partition coefficient (Wildman–Crippen LogP) is 7.32. The Labute approximate surface area is 159 Å². The summed E-state index contributed by atoms with van der Waals surface area (Å²) in [5.41, 5.74) is 5.75. The van der Waals surface area contributed by atoms with Crippen LogP contribution in [0.5, 0.6) is 0 Å². The molecule has 0 aliphatic heterocycles. The zero-order chi connectivity index (χ0) is 18.8. The lowest BCUT2D eigenvalue weighted by atomic mass is 9.55. The van der Waals surface area contributed by atoms with Crippen LogP contribution in [0.25, 0.3) is 0 Å². The molecular weight excluding hydrogens is 312 g/mol. The minimum atomic E-state index is -0.124. The van der Waals surface area contributed by atoms with E-state index in [-0.39, 0.29) is 10.8 Å². The SMILES string of the molecule is CCC(C)C1=CCC(C(c2ccccc2)(c2ccccc2)C(C)(C)C)=C1. The van der Waals surface area contributed by atoms with Crippen LogP contribution < -0.4 is 0 Å². The highest BCUT2D eigenvalue weighted by Crippen LogP contribution is 2.54. The Hall–Kier alpha value is -2.08. The van der Waals surface area contributed by atoms with Crippen LogP contribution in [0.2, 0.25) is 0 Å². The van der Waals surface area contributed by atoms with E-state index in [1.807, 2.05) is 0 Å². The molecule has 1 aliphatic carbocycles. The van der Waals surface area contributed by atoms with Crippen LogP contribution in [0.1, 0.15) is 58.6 Å². The molecule has 0 saturated carbocycles. The van der Waals surface area contributed by atoms with Gasteiger partial charge in [-0.3, -0.25) is 0 Å². The molecule has 0 nitrogen and oxygen atoms in total. The van der Waals surface area contributed by atoms with E-state index in [1.54, 1.807) is 0 Å². The maximum atomic E-state index is 2.50. The average molecular weight is 345 g/mol. The molecule has 2 aromatic carbocycles. The van der Waals surface area contributed by atoms with Crippen molar-refractivity contribution in [1.29, 1.82) is 0 Å². The van der Waals surface area contributed by atoms with Gasteiger partial charge in [0.25, 0.3) is 0 Å². The lowest BCUT2D eigenvalue weighted by molar-refractivity contribution is 0.265. The number of benzene rings is 2. The van der Waals surface area contributed by atoms with E-state index in [4.69, 9.17) is 0 Å². The molecule has 1 unspecified atom stereocenters. The molecule has 0 radical (unpaired) electrons. The number of hydrogen-bond donors (Lipinski definition) is 0. The van der Waals surface area contributed by atoms with Crippen LogP contribution in [-0.2, 0) is 5.41 Å². The van der Waals surface area contributed by atoms with E-state index in [0.717, 1.165) is 6.42 Å². The molecule has 3 rings (SSSR count). The van der Waals surface area contributed by atoms with Gasteiger partial charge in [-0.05, 0) is 40.9 Å². The number of allylic oxidation sites excluding steroid dienone is 4. The first-order valence-corrected chi connectivity index (χ1v) is 9.93. The Bertz CT molecular complexity index is 745. The van der Waals surface area contributed by atoms with Crippen molar-refractivity contribution in [3.63, 3.8) is 0 Å². The van der Waals surface area contributed by atoms with Crippen molar-refractivity contribution < 1.29 is 0 Å². The van der Waals surface area contributed by atoms with E-state index in [9.17, 15) is 0 Å². The fourth-order valence-corrected chi connectivity index (χ4v) is 4.65. The molecular formula is C26H32. The molecule has 1 atom stereocenters. The molecule has 0 N–H and O–H groups in total. The summed E-state index contributed by atoms with van der Waals surface area (Å²) in [6, 6.07) is 22.2. The summed E-state index contributed by atoms with van der Waals surface area (Å²) in [4.78, 5) is 0. The highest BCUT2D eigenvalue weighted by molar-refractivity contribution is 5.55. The monoisotopic (exact) mass is 344 g/mol. The van der Waals surface area contributed by atoms with Gasteiger partial charge < -0.3 is 0 Å². The van der Waals surface area contributed by atoms with E-state index in [0.29, 0.717) is 5.92 Å². The zero-order valence-electron chi connectivity index (χ0n) is 16.9. The van der Waals surface area contributed by atoms with E-state index >= 15 is 0 Å². The second-order valence-electron chi connectivity index (χ2n) is 8.62. The first kappa shape index (κ1) is 18.7. The molecule has 0 fully saturated rings. The van der Waals surface area contributed by atoms with Crippen molar-refractivity contribution in [2.75, 3.05) is 0 Å². The van der Waals surface area contributed by atoms with Crippen LogP contribution in [0.3, 0.4) is 0 Å². The van der Waals surface area contributed by atoms with Crippen LogP contribution in [0, 0.1) is 11.3 Å². The Morgan fingerprint density at radius 1 is 0.846 bits per heavy atom. The fraction of sp³-hybridized carbons (Fsp3) is 0.385. The highest BCUT2D eigenvalue weighted by Gasteiger charge is 2.48. The quantitative estimate of drug-likeness (QED) is 0.533. The van der Waals surface area contributed by atoms with Gasteiger partial charge in [0.2, 0.25) is 0 Å². The van der Waals surface area contributed by atoms with Crippen molar-refractivity contribution in [2.24, 2.45) is 11.3 Å². The second kappa shape index (κ2) is 7.27. The van der Waals surface area contributed by atoms with Crippen LogP contribution >= 0.6 is 0 Å². The minimum Gasteiger partial charge on any atom is -0.0769 e. The van der Waals surface area contributed by atoms with Crippen LogP contribution in [0.15, 0.2) is 84.0 Å². The molecule has 136 valence electrons. The number of rotatable bonds is 5. The van der Waals surface area contributed by atoms with Gasteiger partial charge in [-0.2, -0.15) is 0 Å². The third kappa shape index (κ3) is 3.07. The zero-order valence-corrected chi connectivity index (χ0v) is 16.9. The van der Waals surface area contributed by atoms with Gasteiger partial charge in [0.15, 0.2) is 0 Å². The summed E-state index contributed by atoms with van der Waals surface area (Å²) in [5, 5.41) is 0. The topological polar surface area (TPSA) is 0 Å². The fourth-order valence-electron chi connectivity index (χ4n) is 4.65. The molecule has 0 heterocycles. The first-order valence-electron chi connectivity index (χ1n) is 9.93. The Balaban J connectivity index is 2.27. The highest BCUT2D eigenvalue weighted by atomic mass is 14.5. The van der Waals surface area contributed by atoms with Gasteiger partial charge in [-0.15, -0.1) is 0 Å². The summed E-state index contributed by atoms with van der Waals surface area (Å²) in [6.45, 7) is 11.8. The first-order chi connectivity index (χ1) is 12.4. The summed E-state index contributed by atoms with van der Waals surface area (Å²) < 4.78 is 0. The Morgan fingerprint density at radius 2 is 1.35 bits per heavy atom. The summed E-state index contributed by atoms with van der Waals surface area (Å²) in [6.07, 6.45) is 7.19. The van der Waals surface area contributed by atoms with Crippen molar-refractivity contribution in [3.05, 3.63) is 95.1 Å². The summed E-state index contributed by atoms with van der Waals surface area (Å²) in [5.74, 6) is 0.622. The van der Waals surface area contributed by atoms with Crippen LogP contribution in [0.4, 0.5) is 0 Å². The summed E-state index contributed by atoms with van der Waals surface area (Å²) >= 11 is 0. The maximum Gasteiger partial charge on any atom is 0.0465 e. The lowest BCUT2D eigenvalue weighted by Crippen LogP contribution is -2.43. The molecule has 1 aliphatic rings. The molecule has 0 spiro atoms. The normalized spacial score (nSPS) is 16.2. The van der Waals surface area contributed by atoms with E-state index in [1.165, 1.54) is 28.7 Å². The van der Waals surface area contributed by atoms with Gasteiger partial charge in [0, 0.05) is 5.41 Å². The summed E-state index contributed by atoms with van der Waals surface area (Å²) in [7, 11) is 0. The largest absolute Gasteiger partial charge is 0.0769 e. The molecule has 0 bridgehead atoms. The van der Waals surface area contributed by atoms with Gasteiger partial charge in [0.05, 0.1) is 0 Å². The van der Waals surface area contributed by atoms with Crippen molar-refractivity contribution in [2.45, 2.75) is 52.9 Å². The number of hydrogen-bond acceptors (Lipinski definition) is 0. The second-order valence-corrected chi connectivity index (χ2v) is 8.62. The van der Waals surface area contributed by atoms with Crippen LogP contribution in [-0.4, -0.2) is 0 Å². The third-order valence-corrected chi connectivity index (χ3v) is 6.10. The minimum absolute atomic E-state index is 0.0558. The van der Waals surface area contributed by atoms with Crippen molar-refractivity contribution in [3.8, 4) is 0 Å². The molecule has 26 heavy (non-hydrogen) atoms. The Morgan fingerprint density at radius 3 is 1.77 bits per heavy atom. The van der Waals surface area contributed by atoms with Gasteiger partial charge in [-0.1, -0.05) is 113 Å². The smallest absolute Gasteiger partial charge is 0.0465 e. The standard InChI is InChI=1S/C26H32/c1-6-20(2)21-17-18-24(19-21)26(25(3,4)5,22-13-9-7-10-14-22)23-15-11-8-12-16-23/h7-17,19-20H,6,18H2,1-5H3. The molecule has 2 aromatic rings. The van der Waals surface area contributed by atoms with Crippen molar-refractivity contribution >= 4 is 0 Å². The van der Waals surface area contributed by atoms with E-state index in [2.05, 4.69) is 107 Å². The molecule has 0 saturated heterocycles.